The first kappa shape index (κ1) is 17.7. The summed E-state index contributed by atoms with van der Waals surface area (Å²) in [5, 5.41) is 22.3. The van der Waals surface area contributed by atoms with Crippen molar-refractivity contribution >= 4 is 6.41 Å². The van der Waals surface area contributed by atoms with Gasteiger partial charge in [0.1, 0.15) is 11.7 Å². The Hall–Kier alpha value is -2.13. The molecule has 1 N–H and O–H groups in total. The molecule has 1 aromatic carbocycles. The number of piperidine rings is 1. The minimum Gasteiger partial charge on any atom is -0.762 e. The number of ether oxygens (including phenoxy) is 3. The topological polar surface area (TPSA) is 94.5 Å². The number of likely N-dealkylation sites (tertiary alicyclic amines) is 1. The molecule has 1 amide bonds. The Balaban J connectivity index is 1.70. The van der Waals surface area contributed by atoms with Crippen LogP contribution in [0.3, 0.4) is 0 Å². The molecule has 8 nitrogen and oxygen atoms in total. The molecule has 2 aliphatic heterocycles. The summed E-state index contributed by atoms with van der Waals surface area (Å²) in [6.07, 6.45) is 6.20. The number of carbonyl (C=O) groups is 1. The van der Waals surface area contributed by atoms with E-state index in [1.165, 1.54) is 0 Å². The van der Waals surface area contributed by atoms with E-state index in [1.807, 2.05) is 17.0 Å². The highest BCUT2D eigenvalue weighted by molar-refractivity contribution is 5.67. The molecule has 2 fully saturated rings. The van der Waals surface area contributed by atoms with Crippen LogP contribution in [0.25, 0.3) is 0 Å². The van der Waals surface area contributed by atoms with Crippen LogP contribution in [0.2, 0.25) is 0 Å². The summed E-state index contributed by atoms with van der Waals surface area (Å²) in [7, 11) is 3.17. The zero-order chi connectivity index (χ0) is 20.2. The second-order valence-electron chi connectivity index (χ2n) is 8.87. The average molecular weight is 399 g/mol. The van der Waals surface area contributed by atoms with Gasteiger partial charge in [-0.05, 0) is 30.9 Å². The highest BCUT2D eigenvalue weighted by Crippen LogP contribution is 2.73. The number of hydroxylamine groups is 2. The van der Waals surface area contributed by atoms with Crippen LogP contribution in [-0.2, 0) is 21.4 Å². The first-order chi connectivity index (χ1) is 14.0. The lowest BCUT2D eigenvalue weighted by molar-refractivity contribution is -0.250. The number of fused-ring (bicyclic) bond motifs is 1. The highest BCUT2D eigenvalue weighted by Gasteiger charge is 2.79. The fraction of sp³-hybridized carbons (Fsp3) is 0.571. The Labute approximate surface area is 168 Å². The van der Waals surface area contributed by atoms with E-state index in [-0.39, 0.29) is 11.3 Å². The summed E-state index contributed by atoms with van der Waals surface area (Å²) in [4.78, 5) is 13.8. The van der Waals surface area contributed by atoms with E-state index in [0.29, 0.717) is 37.3 Å². The van der Waals surface area contributed by atoms with E-state index >= 15 is 0 Å². The molecule has 6 atom stereocenters. The lowest BCUT2D eigenvalue weighted by Gasteiger charge is -2.71. The SMILES string of the molecule is COc1ccc2c3c1O[C@@H]1[C@@]4(OC)C=C[C@@]5(C[C@@H]4N([O-])O)[C@H](C2)N(C=O)CC[C@]315. The van der Waals surface area contributed by atoms with Gasteiger partial charge in [-0.2, -0.15) is 0 Å². The zero-order valence-electron chi connectivity index (χ0n) is 16.3. The number of rotatable bonds is 4. The molecule has 0 unspecified atom stereocenters. The smallest absolute Gasteiger partial charge is 0.209 e. The molecular weight excluding hydrogens is 376 g/mol. The number of benzene rings is 1. The van der Waals surface area contributed by atoms with Crippen LogP contribution in [0.5, 0.6) is 11.5 Å². The Morgan fingerprint density at radius 1 is 1.38 bits per heavy atom. The van der Waals surface area contributed by atoms with Crippen molar-refractivity contribution in [1.82, 2.24) is 10.1 Å². The number of methoxy groups -OCH3 is 2. The molecule has 0 radical (unpaired) electrons. The van der Waals surface area contributed by atoms with Gasteiger partial charge in [-0.1, -0.05) is 18.2 Å². The summed E-state index contributed by atoms with van der Waals surface area (Å²) >= 11 is 0. The number of amides is 1. The van der Waals surface area contributed by atoms with Gasteiger partial charge >= 0.3 is 0 Å². The van der Waals surface area contributed by atoms with Gasteiger partial charge in [0.15, 0.2) is 11.5 Å². The van der Waals surface area contributed by atoms with Gasteiger partial charge in [0.05, 0.1) is 18.6 Å². The summed E-state index contributed by atoms with van der Waals surface area (Å²) in [5.41, 5.74) is 0.231. The van der Waals surface area contributed by atoms with E-state index in [0.717, 1.165) is 17.5 Å². The Morgan fingerprint density at radius 3 is 2.90 bits per heavy atom. The van der Waals surface area contributed by atoms with Crippen LogP contribution in [0.4, 0.5) is 0 Å². The zero-order valence-corrected chi connectivity index (χ0v) is 16.3. The van der Waals surface area contributed by atoms with Crippen LogP contribution in [0, 0.1) is 10.6 Å². The molecule has 7 rings (SSSR count). The maximum Gasteiger partial charge on any atom is 0.209 e. The van der Waals surface area contributed by atoms with Gasteiger partial charge in [-0.15, -0.1) is 0 Å². The average Bonchev–Trinajstić information content (AvgIpc) is 3.10. The minimum absolute atomic E-state index is 0.0156. The molecule has 1 saturated carbocycles. The summed E-state index contributed by atoms with van der Waals surface area (Å²) < 4.78 is 18.2. The van der Waals surface area contributed by atoms with Crippen molar-refractivity contribution in [2.45, 2.75) is 48.5 Å². The molecule has 6 aliphatic rings. The summed E-state index contributed by atoms with van der Waals surface area (Å²) in [6, 6.07) is 3.03. The number of hydrogen-bond acceptors (Lipinski definition) is 7. The van der Waals surface area contributed by atoms with Gasteiger partial charge in [-0.25, -0.2) is 0 Å². The normalized spacial score (nSPS) is 42.7. The van der Waals surface area contributed by atoms with E-state index < -0.39 is 28.6 Å². The van der Waals surface area contributed by atoms with Crippen LogP contribution >= 0.6 is 0 Å². The van der Waals surface area contributed by atoms with Crippen molar-refractivity contribution < 1.29 is 24.2 Å². The monoisotopic (exact) mass is 399 g/mol. The molecule has 29 heavy (non-hydrogen) atoms. The van der Waals surface area contributed by atoms with Crippen molar-refractivity contribution in [3.63, 3.8) is 0 Å². The molecule has 4 bridgehead atoms. The van der Waals surface area contributed by atoms with Crippen molar-refractivity contribution in [1.29, 1.82) is 0 Å². The van der Waals surface area contributed by atoms with Gasteiger partial charge in [-0.3, -0.25) is 10.0 Å². The first-order valence-electron chi connectivity index (χ1n) is 9.98. The van der Waals surface area contributed by atoms with Crippen LogP contribution in [-0.4, -0.2) is 66.3 Å². The van der Waals surface area contributed by atoms with Crippen LogP contribution < -0.4 is 9.47 Å². The van der Waals surface area contributed by atoms with Crippen LogP contribution in [0.15, 0.2) is 24.3 Å². The lowest BCUT2D eigenvalue weighted by Crippen LogP contribution is -2.81. The van der Waals surface area contributed by atoms with Crippen molar-refractivity contribution in [2.24, 2.45) is 5.41 Å². The quantitative estimate of drug-likeness (QED) is 0.464. The van der Waals surface area contributed by atoms with Crippen LogP contribution in [0.1, 0.15) is 24.0 Å². The Morgan fingerprint density at radius 2 is 2.21 bits per heavy atom. The van der Waals surface area contributed by atoms with Crippen molar-refractivity contribution in [3.05, 3.63) is 40.6 Å². The van der Waals surface area contributed by atoms with Crippen molar-refractivity contribution in [2.75, 3.05) is 20.8 Å². The molecule has 8 heteroatoms. The molecule has 4 aliphatic carbocycles. The van der Waals surface area contributed by atoms with Gasteiger partial charge in [0, 0.05) is 30.7 Å². The van der Waals surface area contributed by atoms with Gasteiger partial charge in [0.25, 0.3) is 0 Å². The van der Waals surface area contributed by atoms with E-state index in [4.69, 9.17) is 14.2 Å². The number of nitrogens with zero attached hydrogens (tertiary/aromatic N) is 2. The predicted molar refractivity (Wildman–Crippen MR) is 101 cm³/mol. The highest BCUT2D eigenvalue weighted by atomic mass is 16.8. The maximum atomic E-state index is 12.3. The number of carbonyl (C=O) groups excluding carboxylic acids is 1. The third-order valence-corrected chi connectivity index (χ3v) is 8.42. The molecule has 2 spiro atoms. The predicted octanol–water partition coefficient (Wildman–Crippen LogP) is 1.38. The second kappa shape index (κ2) is 5.31. The molecule has 0 aromatic heterocycles. The van der Waals surface area contributed by atoms with E-state index in [9.17, 15) is 15.2 Å². The molecule has 1 aromatic rings. The molecule has 2 heterocycles. The fourth-order valence-corrected chi connectivity index (χ4v) is 7.36. The lowest BCUT2D eigenvalue weighted by atomic mass is 9.38. The third-order valence-electron chi connectivity index (χ3n) is 8.42. The van der Waals surface area contributed by atoms with E-state index in [1.54, 1.807) is 14.2 Å². The molecular formula is C21H23N2O6-. The molecule has 154 valence electrons. The fourth-order valence-electron chi connectivity index (χ4n) is 7.36. The second-order valence-corrected chi connectivity index (χ2v) is 8.87. The summed E-state index contributed by atoms with van der Waals surface area (Å²) in [6.45, 7) is 0.615. The maximum absolute atomic E-state index is 12.3. The van der Waals surface area contributed by atoms with Gasteiger partial charge in [0.2, 0.25) is 6.41 Å². The number of hydrogen-bond donors (Lipinski definition) is 1. The van der Waals surface area contributed by atoms with Crippen molar-refractivity contribution in [3.8, 4) is 11.5 Å². The van der Waals surface area contributed by atoms with E-state index in [2.05, 4.69) is 12.1 Å². The van der Waals surface area contributed by atoms with Gasteiger partial charge < -0.3 is 29.5 Å². The first-order valence-corrected chi connectivity index (χ1v) is 9.98. The Bertz CT molecular complexity index is 949. The standard InChI is InChI=1S/C21H23N2O6/c1-27-13-4-3-12-9-14-19-5-6-21(28-2,15(10-19)23(25)26)18-20(19,7-8-22(14)11-24)16(12)17(13)29-18/h3-6,11,14-15,18,25H,7-10H2,1-2H3/q-1/t14-,15-,18-,19+,20-,21+/m0/s1. The summed E-state index contributed by atoms with van der Waals surface area (Å²) in [5.74, 6) is 1.36. The third kappa shape index (κ3) is 1.64. The Kier molecular flexibility index (Phi) is 3.24. The minimum atomic E-state index is -1.09. The molecule has 1 saturated heterocycles. The largest absolute Gasteiger partial charge is 0.762 e.